The van der Waals surface area contributed by atoms with Gasteiger partial charge in [0, 0.05) is 7.05 Å². The van der Waals surface area contributed by atoms with Gasteiger partial charge >= 0.3 is 0 Å². The minimum Gasteiger partial charge on any atom is -0.359 e. The molecule has 0 saturated heterocycles. The molecule has 2 fully saturated rings. The van der Waals surface area contributed by atoms with Gasteiger partial charge in [-0.1, -0.05) is 0 Å². The molecule has 1 amide bonds. The smallest absolute Gasteiger partial charge is 0.226 e. The van der Waals surface area contributed by atoms with Crippen LogP contribution in [0.15, 0.2) is 0 Å². The number of nitrogens with one attached hydrogen (secondary N) is 1. The van der Waals surface area contributed by atoms with Crippen molar-refractivity contribution >= 4 is 5.91 Å². The lowest BCUT2D eigenvalue weighted by atomic mass is 10.2. The molecule has 2 heteroatoms. The summed E-state index contributed by atoms with van der Waals surface area (Å²) >= 11 is 0. The molecule has 0 aromatic heterocycles. The van der Waals surface area contributed by atoms with E-state index in [2.05, 4.69) is 5.32 Å². The van der Waals surface area contributed by atoms with Gasteiger partial charge < -0.3 is 5.32 Å². The van der Waals surface area contributed by atoms with Crippen molar-refractivity contribution in [2.75, 3.05) is 7.05 Å². The number of hydrogen-bond donors (Lipinski definition) is 1. The first-order chi connectivity index (χ1) is 3.79. The summed E-state index contributed by atoms with van der Waals surface area (Å²) in [7, 11) is 1.71. The molecule has 0 radical (unpaired) electrons. The van der Waals surface area contributed by atoms with Crippen LogP contribution in [0.4, 0.5) is 0 Å². The van der Waals surface area contributed by atoms with Crippen molar-refractivity contribution in [3.8, 4) is 0 Å². The van der Waals surface area contributed by atoms with Crippen molar-refractivity contribution < 1.29 is 4.79 Å². The molecule has 0 unspecified atom stereocenters. The third-order valence-corrected chi connectivity index (χ3v) is 2.36. The van der Waals surface area contributed by atoms with Crippen molar-refractivity contribution in [1.82, 2.24) is 5.32 Å². The van der Waals surface area contributed by atoms with Gasteiger partial charge in [-0.3, -0.25) is 4.79 Å². The molecule has 0 spiro atoms. The normalized spacial score (nSPS) is 47.4. The predicted molar refractivity (Wildman–Crippen MR) is 29.2 cm³/mol. The zero-order valence-electron chi connectivity index (χ0n) is 4.90. The maximum atomic E-state index is 10.8. The fraction of sp³-hybridized carbons (Fsp3) is 0.833. The largest absolute Gasteiger partial charge is 0.359 e. The Kier molecular flexibility index (Phi) is 0.504. The molecule has 0 aromatic carbocycles. The van der Waals surface area contributed by atoms with E-state index in [-0.39, 0.29) is 11.3 Å². The van der Waals surface area contributed by atoms with Gasteiger partial charge in [0.2, 0.25) is 5.91 Å². The van der Waals surface area contributed by atoms with Crippen molar-refractivity contribution in [3.63, 3.8) is 0 Å². The van der Waals surface area contributed by atoms with Gasteiger partial charge in [-0.15, -0.1) is 0 Å². The maximum Gasteiger partial charge on any atom is 0.226 e. The Morgan fingerprint density at radius 1 is 1.75 bits per heavy atom. The van der Waals surface area contributed by atoms with Gasteiger partial charge in [0.1, 0.15) is 0 Å². The van der Waals surface area contributed by atoms with E-state index in [1.54, 1.807) is 7.05 Å². The molecule has 2 nitrogen and oxygen atoms in total. The molecule has 0 aromatic rings. The van der Waals surface area contributed by atoms with Gasteiger partial charge in [-0.25, -0.2) is 0 Å². The molecule has 44 valence electrons. The second-order valence-electron chi connectivity index (χ2n) is 2.84. The Bertz CT molecular complexity index is 147. The highest BCUT2D eigenvalue weighted by Crippen LogP contribution is 2.75. The van der Waals surface area contributed by atoms with E-state index in [1.165, 1.54) is 0 Å². The van der Waals surface area contributed by atoms with E-state index in [1.807, 2.05) is 0 Å². The molecule has 1 N–H and O–H groups in total. The number of carbonyl (C=O) groups is 1. The van der Waals surface area contributed by atoms with Crippen LogP contribution in [0.2, 0.25) is 0 Å². The average molecular weight is 111 g/mol. The van der Waals surface area contributed by atoms with E-state index in [0.29, 0.717) is 0 Å². The Balaban J connectivity index is 2.07. The molecule has 2 aliphatic carbocycles. The molecule has 0 bridgehead atoms. The van der Waals surface area contributed by atoms with Crippen molar-refractivity contribution in [2.45, 2.75) is 12.8 Å². The predicted octanol–water partition coefficient (Wildman–Crippen LogP) is 0.142. The number of amides is 1. The van der Waals surface area contributed by atoms with E-state index >= 15 is 0 Å². The van der Waals surface area contributed by atoms with E-state index in [9.17, 15) is 4.79 Å². The number of rotatable bonds is 1. The second-order valence-corrected chi connectivity index (χ2v) is 2.84. The lowest BCUT2D eigenvalue weighted by molar-refractivity contribution is -0.123. The molecular formula is C6H9NO. The summed E-state index contributed by atoms with van der Waals surface area (Å²) in [5.41, 5.74) is 0.175. The van der Waals surface area contributed by atoms with Crippen LogP contribution in [0.25, 0.3) is 0 Å². The average Bonchev–Trinajstić information content (AvgIpc) is 2.45. The van der Waals surface area contributed by atoms with Crippen LogP contribution in [-0.2, 0) is 4.79 Å². The van der Waals surface area contributed by atoms with Gasteiger partial charge in [-0.2, -0.15) is 0 Å². The van der Waals surface area contributed by atoms with Crippen molar-refractivity contribution in [2.24, 2.45) is 11.3 Å². The quantitative estimate of drug-likeness (QED) is 0.512. The van der Waals surface area contributed by atoms with Crippen molar-refractivity contribution in [1.29, 1.82) is 0 Å². The Morgan fingerprint density at radius 2 is 2.25 bits per heavy atom. The number of fused-ring (bicyclic) bond motifs is 1. The lowest BCUT2D eigenvalue weighted by Gasteiger charge is -1.97. The third kappa shape index (κ3) is 0.288. The summed E-state index contributed by atoms with van der Waals surface area (Å²) in [5.74, 6) is 1.05. The molecule has 0 heterocycles. The highest BCUT2D eigenvalue weighted by Gasteiger charge is 2.74. The van der Waals surface area contributed by atoms with Crippen LogP contribution in [0.3, 0.4) is 0 Å². The highest BCUT2D eigenvalue weighted by atomic mass is 16.2. The molecular weight excluding hydrogens is 102 g/mol. The van der Waals surface area contributed by atoms with Gasteiger partial charge in [0.05, 0.1) is 5.41 Å². The summed E-state index contributed by atoms with van der Waals surface area (Å²) < 4.78 is 0. The van der Waals surface area contributed by atoms with Gasteiger partial charge in [0.15, 0.2) is 0 Å². The van der Waals surface area contributed by atoms with Gasteiger partial charge in [-0.05, 0) is 18.8 Å². The lowest BCUT2D eigenvalue weighted by Crippen LogP contribution is -2.23. The van der Waals surface area contributed by atoms with Crippen LogP contribution in [0.5, 0.6) is 0 Å². The first kappa shape index (κ1) is 4.36. The molecule has 2 rings (SSSR count). The molecule has 2 aliphatic rings. The van der Waals surface area contributed by atoms with Crippen LogP contribution >= 0.6 is 0 Å². The minimum absolute atomic E-state index is 0.175. The summed E-state index contributed by atoms with van der Waals surface area (Å²) in [5, 5.41) is 2.67. The molecule has 0 aliphatic heterocycles. The van der Waals surface area contributed by atoms with Crippen molar-refractivity contribution in [3.05, 3.63) is 0 Å². The van der Waals surface area contributed by atoms with Gasteiger partial charge in [0.25, 0.3) is 0 Å². The third-order valence-electron chi connectivity index (χ3n) is 2.36. The summed E-state index contributed by atoms with van der Waals surface area (Å²) in [4.78, 5) is 10.8. The first-order valence-corrected chi connectivity index (χ1v) is 3.02. The number of carbonyl (C=O) groups excluding carboxylic acids is 1. The second kappa shape index (κ2) is 0.925. The standard InChI is InChI=1S/C6H9NO/c1-7-5(8)6-2-4(6)3-6/h4H,2-3H2,1H3,(H,7,8). The highest BCUT2D eigenvalue weighted by molar-refractivity contribution is 5.89. The molecule has 8 heavy (non-hydrogen) atoms. The fourth-order valence-electron chi connectivity index (χ4n) is 1.32. The van der Waals surface area contributed by atoms with Crippen LogP contribution < -0.4 is 5.32 Å². The fourth-order valence-corrected chi connectivity index (χ4v) is 1.32. The monoisotopic (exact) mass is 111 g/mol. The van der Waals surface area contributed by atoms with Crippen LogP contribution in [-0.4, -0.2) is 13.0 Å². The SMILES string of the molecule is CNC(=O)C12CC1C2. The zero-order chi connectivity index (χ0) is 5.78. The topological polar surface area (TPSA) is 29.1 Å². The van der Waals surface area contributed by atoms with E-state index < -0.39 is 0 Å². The first-order valence-electron chi connectivity index (χ1n) is 3.02. The number of hydrogen-bond acceptors (Lipinski definition) is 1. The zero-order valence-corrected chi connectivity index (χ0v) is 4.90. The summed E-state index contributed by atoms with van der Waals surface area (Å²) in [6.07, 6.45) is 2.32. The summed E-state index contributed by atoms with van der Waals surface area (Å²) in [6.45, 7) is 0. The van der Waals surface area contributed by atoms with E-state index in [0.717, 1.165) is 18.8 Å². The Hall–Kier alpha value is -0.530. The van der Waals surface area contributed by atoms with E-state index in [4.69, 9.17) is 0 Å². The van der Waals surface area contributed by atoms with Crippen LogP contribution in [0, 0.1) is 11.3 Å². The van der Waals surface area contributed by atoms with Crippen LogP contribution in [0.1, 0.15) is 12.8 Å². The maximum absolute atomic E-state index is 10.8. The molecule has 2 saturated carbocycles. The Labute approximate surface area is 48.3 Å². The Morgan fingerprint density at radius 3 is 2.38 bits per heavy atom. The minimum atomic E-state index is 0.175. The summed E-state index contributed by atoms with van der Waals surface area (Å²) in [6, 6.07) is 0. The molecule has 0 atom stereocenters.